The van der Waals surface area contributed by atoms with E-state index in [0.29, 0.717) is 5.92 Å². The quantitative estimate of drug-likeness (QED) is 0.742. The SMILES string of the molecule is C=C(Nc1ccc(C)c(OC)c1)C1CCC(CCC)CC1. The van der Waals surface area contributed by atoms with Gasteiger partial charge in [-0.05, 0) is 56.1 Å². The normalized spacial score (nSPS) is 21.9. The number of rotatable bonds is 6. The largest absolute Gasteiger partial charge is 0.496 e. The number of methoxy groups -OCH3 is 1. The fourth-order valence-electron chi connectivity index (χ4n) is 3.39. The van der Waals surface area contributed by atoms with E-state index in [4.69, 9.17) is 4.74 Å². The van der Waals surface area contributed by atoms with Crippen LogP contribution < -0.4 is 10.1 Å². The highest BCUT2D eigenvalue weighted by Crippen LogP contribution is 2.35. The average molecular weight is 287 g/mol. The smallest absolute Gasteiger partial charge is 0.123 e. The molecule has 0 heterocycles. The number of hydrogen-bond donors (Lipinski definition) is 1. The molecule has 2 nitrogen and oxygen atoms in total. The summed E-state index contributed by atoms with van der Waals surface area (Å²) in [6.45, 7) is 8.62. The van der Waals surface area contributed by atoms with Crippen molar-refractivity contribution in [1.82, 2.24) is 0 Å². The fourth-order valence-corrected chi connectivity index (χ4v) is 3.39. The Balaban J connectivity index is 1.90. The molecule has 1 aromatic rings. The summed E-state index contributed by atoms with van der Waals surface area (Å²) in [7, 11) is 1.72. The third-order valence-corrected chi connectivity index (χ3v) is 4.75. The molecule has 0 aromatic heterocycles. The summed E-state index contributed by atoms with van der Waals surface area (Å²) in [6, 6.07) is 6.25. The molecule has 1 aliphatic carbocycles. The van der Waals surface area contributed by atoms with Crippen molar-refractivity contribution in [2.45, 2.75) is 52.4 Å². The van der Waals surface area contributed by atoms with Gasteiger partial charge in [0, 0.05) is 17.5 Å². The molecule has 1 fully saturated rings. The first-order valence-electron chi connectivity index (χ1n) is 8.24. The highest BCUT2D eigenvalue weighted by molar-refractivity contribution is 5.54. The molecule has 0 spiro atoms. The molecule has 1 saturated carbocycles. The van der Waals surface area contributed by atoms with Crippen molar-refractivity contribution in [1.29, 1.82) is 0 Å². The molecule has 0 radical (unpaired) electrons. The van der Waals surface area contributed by atoms with Crippen LogP contribution in [0.4, 0.5) is 5.69 Å². The van der Waals surface area contributed by atoms with E-state index in [1.54, 1.807) is 7.11 Å². The number of allylic oxidation sites excluding steroid dienone is 1. The minimum Gasteiger partial charge on any atom is -0.496 e. The Kier molecular flexibility index (Phi) is 5.72. The van der Waals surface area contributed by atoms with E-state index < -0.39 is 0 Å². The minimum absolute atomic E-state index is 0.616. The number of aryl methyl sites for hydroxylation is 1. The predicted octanol–water partition coefficient (Wildman–Crippen LogP) is 5.54. The van der Waals surface area contributed by atoms with Crippen molar-refractivity contribution in [3.05, 3.63) is 36.0 Å². The summed E-state index contributed by atoms with van der Waals surface area (Å²) in [5, 5.41) is 3.49. The zero-order chi connectivity index (χ0) is 15.2. The Labute approximate surface area is 129 Å². The van der Waals surface area contributed by atoms with Gasteiger partial charge < -0.3 is 10.1 Å². The van der Waals surface area contributed by atoms with Gasteiger partial charge in [0.25, 0.3) is 0 Å². The van der Waals surface area contributed by atoms with Crippen molar-refractivity contribution in [3.8, 4) is 5.75 Å². The summed E-state index contributed by atoms with van der Waals surface area (Å²) in [6.07, 6.45) is 7.98. The molecule has 0 unspecified atom stereocenters. The Morgan fingerprint density at radius 2 is 2.00 bits per heavy atom. The summed E-state index contributed by atoms with van der Waals surface area (Å²) in [5.74, 6) is 2.49. The fraction of sp³-hybridized carbons (Fsp3) is 0.579. The van der Waals surface area contributed by atoms with Crippen LogP contribution in [0.2, 0.25) is 0 Å². The number of nitrogens with one attached hydrogen (secondary N) is 1. The van der Waals surface area contributed by atoms with Crippen LogP contribution in [-0.4, -0.2) is 7.11 Å². The van der Waals surface area contributed by atoms with Crippen molar-refractivity contribution in [2.24, 2.45) is 11.8 Å². The van der Waals surface area contributed by atoms with Crippen molar-refractivity contribution >= 4 is 5.69 Å². The monoisotopic (exact) mass is 287 g/mol. The number of ether oxygens (including phenoxy) is 1. The van der Waals surface area contributed by atoms with E-state index in [-0.39, 0.29) is 0 Å². The van der Waals surface area contributed by atoms with Gasteiger partial charge in [0.15, 0.2) is 0 Å². The molecule has 0 aliphatic heterocycles. The summed E-state index contributed by atoms with van der Waals surface area (Å²) in [4.78, 5) is 0. The van der Waals surface area contributed by atoms with Crippen LogP contribution >= 0.6 is 0 Å². The van der Waals surface area contributed by atoms with Crippen LogP contribution in [0.3, 0.4) is 0 Å². The molecule has 1 N–H and O–H groups in total. The molecule has 1 aliphatic rings. The average Bonchev–Trinajstić information content (AvgIpc) is 2.50. The van der Waals surface area contributed by atoms with Crippen LogP contribution in [-0.2, 0) is 0 Å². The lowest BCUT2D eigenvalue weighted by Gasteiger charge is -2.30. The van der Waals surface area contributed by atoms with Gasteiger partial charge in [-0.15, -0.1) is 0 Å². The summed E-state index contributed by atoms with van der Waals surface area (Å²) < 4.78 is 5.38. The topological polar surface area (TPSA) is 21.3 Å². The maximum absolute atomic E-state index is 5.38. The third kappa shape index (κ3) is 4.26. The van der Waals surface area contributed by atoms with Crippen molar-refractivity contribution in [2.75, 3.05) is 12.4 Å². The van der Waals surface area contributed by atoms with Crippen LogP contribution in [0.1, 0.15) is 51.0 Å². The van der Waals surface area contributed by atoms with E-state index in [9.17, 15) is 0 Å². The first-order valence-corrected chi connectivity index (χ1v) is 8.24. The van der Waals surface area contributed by atoms with Crippen LogP contribution in [0, 0.1) is 18.8 Å². The Hall–Kier alpha value is -1.44. The number of benzene rings is 1. The van der Waals surface area contributed by atoms with Gasteiger partial charge in [0.1, 0.15) is 5.75 Å². The zero-order valence-corrected chi connectivity index (χ0v) is 13.7. The van der Waals surface area contributed by atoms with Crippen LogP contribution in [0.15, 0.2) is 30.5 Å². The maximum Gasteiger partial charge on any atom is 0.123 e. The first kappa shape index (κ1) is 15.9. The second-order valence-electron chi connectivity index (χ2n) is 6.34. The Morgan fingerprint density at radius 3 is 2.62 bits per heavy atom. The van der Waals surface area contributed by atoms with E-state index >= 15 is 0 Å². The first-order chi connectivity index (χ1) is 10.1. The lowest BCUT2D eigenvalue weighted by molar-refractivity contribution is 0.287. The molecular weight excluding hydrogens is 258 g/mol. The van der Waals surface area contributed by atoms with Gasteiger partial charge in [-0.2, -0.15) is 0 Å². The predicted molar refractivity (Wildman–Crippen MR) is 90.8 cm³/mol. The highest BCUT2D eigenvalue weighted by atomic mass is 16.5. The van der Waals surface area contributed by atoms with E-state index in [1.807, 2.05) is 0 Å². The van der Waals surface area contributed by atoms with Gasteiger partial charge in [0.2, 0.25) is 0 Å². The lowest BCUT2D eigenvalue weighted by Crippen LogP contribution is -2.19. The van der Waals surface area contributed by atoms with Crippen LogP contribution in [0.5, 0.6) is 5.75 Å². The Morgan fingerprint density at radius 1 is 1.29 bits per heavy atom. The standard InChI is InChI=1S/C19H29NO/c1-5-6-16-8-10-17(11-9-16)15(3)20-18-12-7-14(2)19(13-18)21-4/h7,12-13,16-17,20H,3,5-6,8-11H2,1-2,4H3. The molecule has 2 heteroatoms. The summed E-state index contributed by atoms with van der Waals surface area (Å²) in [5.41, 5.74) is 3.41. The molecule has 21 heavy (non-hydrogen) atoms. The van der Waals surface area contributed by atoms with Crippen molar-refractivity contribution < 1.29 is 4.74 Å². The van der Waals surface area contributed by atoms with E-state index in [0.717, 1.165) is 28.6 Å². The second-order valence-corrected chi connectivity index (χ2v) is 6.34. The van der Waals surface area contributed by atoms with E-state index in [1.165, 1.54) is 38.5 Å². The molecule has 0 saturated heterocycles. The molecule has 116 valence electrons. The van der Waals surface area contributed by atoms with Gasteiger partial charge in [-0.25, -0.2) is 0 Å². The summed E-state index contributed by atoms with van der Waals surface area (Å²) >= 11 is 0. The van der Waals surface area contributed by atoms with E-state index in [2.05, 4.69) is 43.9 Å². The van der Waals surface area contributed by atoms with Gasteiger partial charge in [-0.1, -0.05) is 32.4 Å². The lowest BCUT2D eigenvalue weighted by atomic mass is 9.79. The van der Waals surface area contributed by atoms with Gasteiger partial charge in [0.05, 0.1) is 7.11 Å². The molecular formula is C19H29NO. The second kappa shape index (κ2) is 7.53. The Bertz CT molecular complexity index is 472. The third-order valence-electron chi connectivity index (χ3n) is 4.75. The minimum atomic E-state index is 0.616. The number of hydrogen-bond acceptors (Lipinski definition) is 2. The molecule has 0 bridgehead atoms. The van der Waals surface area contributed by atoms with Gasteiger partial charge >= 0.3 is 0 Å². The molecule has 2 rings (SSSR count). The van der Waals surface area contributed by atoms with Crippen molar-refractivity contribution in [3.63, 3.8) is 0 Å². The number of anilines is 1. The maximum atomic E-state index is 5.38. The molecule has 0 atom stereocenters. The van der Waals surface area contributed by atoms with Gasteiger partial charge in [-0.3, -0.25) is 0 Å². The zero-order valence-electron chi connectivity index (χ0n) is 13.7. The molecule has 0 amide bonds. The molecule has 1 aromatic carbocycles. The van der Waals surface area contributed by atoms with Crippen LogP contribution in [0.25, 0.3) is 0 Å². The highest BCUT2D eigenvalue weighted by Gasteiger charge is 2.22.